The molecule has 47 heavy (non-hydrogen) atoms. The predicted octanol–water partition coefficient (Wildman–Crippen LogP) is 4.58. The van der Waals surface area contributed by atoms with Crippen LogP contribution in [0.1, 0.15) is 42.1 Å². The van der Waals surface area contributed by atoms with Crippen molar-refractivity contribution in [2.75, 3.05) is 62.7 Å². The molecule has 2 fully saturated rings. The maximum atomic E-state index is 12.7. The molecule has 3 atom stereocenters. The monoisotopic (exact) mass is 633 g/mol. The fraction of sp³-hybridized carbons (Fsp3) is 0.459. The molecule has 3 aliphatic rings. The summed E-state index contributed by atoms with van der Waals surface area (Å²) < 4.78 is 12.1. The molecule has 0 aliphatic carbocycles. The van der Waals surface area contributed by atoms with E-state index in [0.717, 1.165) is 43.0 Å². The van der Waals surface area contributed by atoms with Gasteiger partial charge in [0, 0.05) is 69.6 Å². The molecule has 0 bridgehead atoms. The number of likely N-dealkylation sites (tertiary alicyclic amines) is 1. The molecule has 0 N–H and O–H groups in total. The van der Waals surface area contributed by atoms with E-state index in [-0.39, 0.29) is 30.6 Å². The first-order valence-corrected chi connectivity index (χ1v) is 16.5. The summed E-state index contributed by atoms with van der Waals surface area (Å²) in [5, 5.41) is 22.7. The summed E-state index contributed by atoms with van der Waals surface area (Å²) in [5.41, 5.74) is 5.56. The van der Waals surface area contributed by atoms with E-state index in [0.29, 0.717) is 50.6 Å². The van der Waals surface area contributed by atoms with Crippen LogP contribution in [0, 0.1) is 29.6 Å². The number of benzene rings is 2. The van der Waals surface area contributed by atoms with Crippen LogP contribution in [0.2, 0.25) is 0 Å². The Balaban J connectivity index is 1.38. The highest BCUT2D eigenvalue weighted by atomic mass is 16.5. The van der Waals surface area contributed by atoms with E-state index in [1.54, 1.807) is 12.0 Å². The van der Waals surface area contributed by atoms with Crippen molar-refractivity contribution in [3.8, 4) is 18.0 Å². The van der Waals surface area contributed by atoms with Crippen LogP contribution in [-0.4, -0.2) is 91.9 Å². The molecule has 3 aromatic rings. The molecule has 2 aromatic carbocycles. The van der Waals surface area contributed by atoms with Gasteiger partial charge in [0.05, 0.1) is 42.6 Å². The lowest BCUT2D eigenvalue weighted by atomic mass is 9.95. The molecule has 1 amide bonds. The minimum absolute atomic E-state index is 0.182. The number of carbonyl (C=O) groups excluding carboxylic acids is 1. The number of ether oxygens (including phenoxy) is 2. The zero-order valence-electron chi connectivity index (χ0n) is 27.6. The Hall–Kier alpha value is -4.64. The molecule has 0 radical (unpaired) electrons. The van der Waals surface area contributed by atoms with Gasteiger partial charge < -0.3 is 24.2 Å². The van der Waals surface area contributed by atoms with Crippen LogP contribution < -0.4 is 14.5 Å². The molecule has 4 heterocycles. The Morgan fingerprint density at radius 2 is 1.94 bits per heavy atom. The highest BCUT2D eigenvalue weighted by molar-refractivity contribution is 5.97. The largest absolute Gasteiger partial charge is 0.472 e. The summed E-state index contributed by atoms with van der Waals surface area (Å²) in [4.78, 5) is 26.4. The van der Waals surface area contributed by atoms with Gasteiger partial charge in [0.15, 0.2) is 0 Å². The van der Waals surface area contributed by atoms with Crippen LogP contribution in [0.3, 0.4) is 0 Å². The first kappa shape index (κ1) is 32.3. The van der Waals surface area contributed by atoms with Gasteiger partial charge >= 0.3 is 0 Å². The van der Waals surface area contributed by atoms with Gasteiger partial charge in [-0.3, -0.25) is 9.69 Å². The van der Waals surface area contributed by atoms with Crippen LogP contribution >= 0.6 is 0 Å². The minimum Gasteiger partial charge on any atom is -0.472 e. The molecule has 3 aliphatic heterocycles. The van der Waals surface area contributed by atoms with Gasteiger partial charge in [-0.25, -0.2) is 4.98 Å². The maximum absolute atomic E-state index is 12.7. The summed E-state index contributed by atoms with van der Waals surface area (Å²) in [6.07, 6.45) is 3.21. The van der Waals surface area contributed by atoms with Crippen molar-refractivity contribution >= 4 is 28.1 Å². The molecule has 2 saturated heterocycles. The van der Waals surface area contributed by atoms with Crippen molar-refractivity contribution in [3.05, 3.63) is 71.4 Å². The number of aromatic nitrogens is 1. The normalized spacial score (nSPS) is 20.4. The third-order valence-corrected chi connectivity index (χ3v) is 9.81. The van der Waals surface area contributed by atoms with Gasteiger partial charge in [-0.1, -0.05) is 36.9 Å². The van der Waals surface area contributed by atoms with Gasteiger partial charge in [-0.2, -0.15) is 10.5 Å². The Bertz CT molecular complexity index is 1740. The summed E-state index contributed by atoms with van der Waals surface area (Å²) in [5.74, 6) is 0.160. The maximum Gasteiger partial charge on any atom is 0.246 e. The molecule has 244 valence electrons. The molecular formula is C37H43N7O3. The van der Waals surface area contributed by atoms with Crippen molar-refractivity contribution < 1.29 is 14.3 Å². The molecule has 1 aromatic heterocycles. The van der Waals surface area contributed by atoms with E-state index in [1.807, 2.05) is 6.92 Å². The molecule has 3 unspecified atom stereocenters. The van der Waals surface area contributed by atoms with Crippen LogP contribution in [0.25, 0.3) is 10.8 Å². The van der Waals surface area contributed by atoms with Crippen LogP contribution in [0.15, 0.2) is 49.1 Å². The zero-order valence-corrected chi connectivity index (χ0v) is 27.6. The average Bonchev–Trinajstić information content (AvgIpc) is 3.54. The Morgan fingerprint density at radius 1 is 1.13 bits per heavy atom. The zero-order chi connectivity index (χ0) is 33.1. The number of carbonyl (C=O) groups is 1. The third-order valence-electron chi connectivity index (χ3n) is 9.81. The van der Waals surface area contributed by atoms with Gasteiger partial charge in [-0.15, -0.1) is 0 Å². The summed E-state index contributed by atoms with van der Waals surface area (Å²) in [6, 6.07) is 17.2. The van der Waals surface area contributed by atoms with Crippen molar-refractivity contribution in [2.45, 2.75) is 57.9 Å². The van der Waals surface area contributed by atoms with Crippen molar-refractivity contribution in [2.24, 2.45) is 0 Å². The van der Waals surface area contributed by atoms with Gasteiger partial charge in [0.2, 0.25) is 11.8 Å². The number of nitrogens with zero attached hydrogens (tertiary/aromatic N) is 7. The number of pyridine rings is 1. The van der Waals surface area contributed by atoms with Crippen molar-refractivity contribution in [1.82, 2.24) is 14.8 Å². The summed E-state index contributed by atoms with van der Waals surface area (Å²) >= 11 is 0. The lowest BCUT2D eigenvalue weighted by molar-refractivity contribution is -0.128. The van der Waals surface area contributed by atoms with E-state index >= 15 is 0 Å². The topological polar surface area (TPSA) is 109 Å². The number of anilines is 2. The molecule has 10 nitrogen and oxygen atoms in total. The second kappa shape index (κ2) is 14.0. The lowest BCUT2D eigenvalue weighted by Gasteiger charge is -2.43. The smallest absolute Gasteiger partial charge is 0.246 e. The van der Waals surface area contributed by atoms with Crippen LogP contribution in [-0.2, 0) is 22.5 Å². The molecular weight excluding hydrogens is 590 g/mol. The molecule has 10 heteroatoms. The first-order valence-electron chi connectivity index (χ1n) is 16.5. The second-order valence-electron chi connectivity index (χ2n) is 12.8. The second-order valence-corrected chi connectivity index (χ2v) is 12.8. The highest BCUT2D eigenvalue weighted by Crippen LogP contribution is 2.40. The fourth-order valence-electron chi connectivity index (χ4n) is 7.54. The van der Waals surface area contributed by atoms with Crippen molar-refractivity contribution in [1.29, 1.82) is 10.5 Å². The number of piperazine rings is 1. The number of hydrogen-bond donors (Lipinski definition) is 0. The summed E-state index contributed by atoms with van der Waals surface area (Å²) in [7, 11) is 1.75. The standard InChI is InChI=1S/C37H43N7O3/c1-5-34(45)44-19-18-43(22-28(44)12-15-38)36-30-14-17-42(33-11-7-10-27-9-6-8-25(2)35(27)33)24-32(30)40-37(31(36)20-39)47-26(3)21-41-16-13-29(23-41)46-4/h5-11,26,28-29H,1,12-14,16-19,21-24H2,2-4H3. The predicted molar refractivity (Wildman–Crippen MR) is 182 cm³/mol. The number of amides is 1. The molecule has 0 spiro atoms. The lowest BCUT2D eigenvalue weighted by Crippen LogP contribution is -2.55. The summed E-state index contributed by atoms with van der Waals surface area (Å²) in [6.45, 7) is 13.1. The number of aryl methyl sites for hydroxylation is 1. The number of fused-ring (bicyclic) bond motifs is 2. The average molecular weight is 634 g/mol. The quantitative estimate of drug-likeness (QED) is 0.313. The first-order chi connectivity index (χ1) is 22.8. The Labute approximate surface area is 277 Å². The highest BCUT2D eigenvalue weighted by Gasteiger charge is 2.35. The number of methoxy groups -OCH3 is 1. The molecule has 0 saturated carbocycles. The Kier molecular flexibility index (Phi) is 9.63. The van der Waals surface area contributed by atoms with Crippen LogP contribution in [0.5, 0.6) is 5.88 Å². The van der Waals surface area contributed by atoms with Gasteiger partial charge in [0.1, 0.15) is 17.7 Å². The SMILES string of the molecule is C=CC(=O)N1CCN(c2c(C#N)c(OC(C)CN3CCC(OC)C3)nc3c2CCN(c2cccc4cccc(C)c24)C3)CC1CC#N. The van der Waals surface area contributed by atoms with Crippen molar-refractivity contribution in [3.63, 3.8) is 0 Å². The van der Waals surface area contributed by atoms with E-state index < -0.39 is 0 Å². The van der Waals surface area contributed by atoms with Gasteiger partial charge in [0.25, 0.3) is 0 Å². The van der Waals surface area contributed by atoms with Gasteiger partial charge in [-0.05, 0) is 49.8 Å². The van der Waals surface area contributed by atoms with E-state index in [9.17, 15) is 15.3 Å². The third kappa shape index (κ3) is 6.49. The van der Waals surface area contributed by atoms with E-state index in [4.69, 9.17) is 14.5 Å². The number of hydrogen-bond acceptors (Lipinski definition) is 9. The molecule has 6 rings (SSSR count). The minimum atomic E-state index is -0.319. The van der Waals surface area contributed by atoms with E-state index in [2.05, 4.69) is 76.7 Å². The van der Waals surface area contributed by atoms with Crippen LogP contribution in [0.4, 0.5) is 11.4 Å². The number of rotatable bonds is 9. The number of nitriles is 2. The van der Waals surface area contributed by atoms with E-state index in [1.165, 1.54) is 28.1 Å². The Morgan fingerprint density at radius 3 is 2.66 bits per heavy atom. The fourth-order valence-corrected chi connectivity index (χ4v) is 7.54.